The SMILES string of the molecule is O=C(NCCN1CCCC1)C1CCCN(c2nc3ccccc3[nH]2)C1. The first-order valence-corrected chi connectivity index (χ1v) is 9.49. The summed E-state index contributed by atoms with van der Waals surface area (Å²) >= 11 is 0. The minimum absolute atomic E-state index is 0.0561. The van der Waals surface area contributed by atoms with E-state index in [2.05, 4.69) is 25.1 Å². The fraction of sp³-hybridized carbons (Fsp3) is 0.579. The highest BCUT2D eigenvalue weighted by atomic mass is 16.1. The summed E-state index contributed by atoms with van der Waals surface area (Å²) in [5.41, 5.74) is 2.03. The third kappa shape index (κ3) is 3.79. The van der Waals surface area contributed by atoms with E-state index < -0.39 is 0 Å². The Kier molecular flexibility index (Phi) is 4.88. The number of aromatic nitrogens is 2. The number of hydrogen-bond acceptors (Lipinski definition) is 4. The van der Waals surface area contributed by atoms with Gasteiger partial charge < -0.3 is 20.1 Å². The number of anilines is 1. The van der Waals surface area contributed by atoms with E-state index in [0.29, 0.717) is 0 Å². The van der Waals surface area contributed by atoms with E-state index in [-0.39, 0.29) is 11.8 Å². The lowest BCUT2D eigenvalue weighted by molar-refractivity contribution is -0.125. The molecule has 2 fully saturated rings. The first kappa shape index (κ1) is 16.4. The standard InChI is InChI=1S/C19H27N5O/c25-18(20-9-13-23-10-3-4-11-23)15-6-5-12-24(14-15)19-21-16-7-1-2-8-17(16)22-19/h1-2,7-8,15H,3-6,9-14H2,(H,20,25)(H,21,22). The van der Waals surface area contributed by atoms with Gasteiger partial charge in [-0.3, -0.25) is 4.79 Å². The minimum Gasteiger partial charge on any atom is -0.355 e. The average Bonchev–Trinajstić information content (AvgIpc) is 3.31. The second-order valence-electron chi connectivity index (χ2n) is 7.20. The van der Waals surface area contributed by atoms with Crippen molar-refractivity contribution in [1.82, 2.24) is 20.2 Å². The molecule has 2 saturated heterocycles. The Bertz CT molecular complexity index is 688. The van der Waals surface area contributed by atoms with E-state index >= 15 is 0 Å². The Morgan fingerprint density at radius 2 is 2.04 bits per heavy atom. The number of nitrogens with one attached hydrogen (secondary N) is 2. The van der Waals surface area contributed by atoms with Crippen LogP contribution in [0.15, 0.2) is 24.3 Å². The summed E-state index contributed by atoms with van der Waals surface area (Å²) in [6, 6.07) is 8.07. The van der Waals surface area contributed by atoms with Crippen molar-refractivity contribution in [2.45, 2.75) is 25.7 Å². The molecule has 0 radical (unpaired) electrons. The molecule has 0 spiro atoms. The number of para-hydroxylation sites is 2. The highest BCUT2D eigenvalue weighted by Gasteiger charge is 2.27. The molecule has 134 valence electrons. The van der Waals surface area contributed by atoms with Crippen molar-refractivity contribution in [3.05, 3.63) is 24.3 Å². The smallest absolute Gasteiger partial charge is 0.224 e. The zero-order valence-electron chi connectivity index (χ0n) is 14.7. The lowest BCUT2D eigenvalue weighted by Crippen LogP contribution is -2.45. The third-order valence-electron chi connectivity index (χ3n) is 5.39. The van der Waals surface area contributed by atoms with Crippen LogP contribution >= 0.6 is 0 Å². The molecule has 1 atom stereocenters. The number of aromatic amines is 1. The topological polar surface area (TPSA) is 64.3 Å². The second-order valence-corrected chi connectivity index (χ2v) is 7.20. The molecule has 3 heterocycles. The monoisotopic (exact) mass is 341 g/mol. The summed E-state index contributed by atoms with van der Waals surface area (Å²) in [6.45, 7) is 5.80. The number of carbonyl (C=O) groups excluding carboxylic acids is 1. The molecule has 1 unspecified atom stereocenters. The number of hydrogen-bond donors (Lipinski definition) is 2. The summed E-state index contributed by atoms with van der Waals surface area (Å²) in [5.74, 6) is 1.14. The van der Waals surface area contributed by atoms with Gasteiger partial charge in [-0.1, -0.05) is 12.1 Å². The molecule has 4 rings (SSSR count). The number of H-pyrrole nitrogens is 1. The molecule has 25 heavy (non-hydrogen) atoms. The highest BCUT2D eigenvalue weighted by Crippen LogP contribution is 2.23. The first-order chi connectivity index (χ1) is 12.3. The summed E-state index contributed by atoms with van der Waals surface area (Å²) in [6.07, 6.45) is 4.58. The maximum absolute atomic E-state index is 12.5. The number of piperidine rings is 1. The molecule has 2 aliphatic rings. The van der Waals surface area contributed by atoms with Gasteiger partial charge in [-0.15, -0.1) is 0 Å². The van der Waals surface area contributed by atoms with Crippen molar-refractivity contribution in [1.29, 1.82) is 0 Å². The molecular formula is C19H27N5O. The average molecular weight is 341 g/mol. The molecule has 0 aliphatic carbocycles. The maximum Gasteiger partial charge on any atom is 0.224 e. The van der Waals surface area contributed by atoms with E-state index in [4.69, 9.17) is 0 Å². The summed E-state index contributed by atoms with van der Waals surface area (Å²) < 4.78 is 0. The Morgan fingerprint density at radius 1 is 1.20 bits per heavy atom. The number of nitrogens with zero attached hydrogens (tertiary/aromatic N) is 3. The van der Waals surface area contributed by atoms with Gasteiger partial charge in [0.2, 0.25) is 11.9 Å². The largest absolute Gasteiger partial charge is 0.355 e. The number of benzene rings is 1. The van der Waals surface area contributed by atoms with Crippen LogP contribution in [0.4, 0.5) is 5.95 Å². The quantitative estimate of drug-likeness (QED) is 0.873. The highest BCUT2D eigenvalue weighted by molar-refractivity contribution is 5.80. The normalized spacial score (nSPS) is 21.8. The van der Waals surface area contributed by atoms with Gasteiger partial charge in [0, 0.05) is 26.2 Å². The van der Waals surface area contributed by atoms with E-state index in [9.17, 15) is 4.79 Å². The van der Waals surface area contributed by atoms with Crippen LogP contribution in [0.5, 0.6) is 0 Å². The maximum atomic E-state index is 12.5. The van der Waals surface area contributed by atoms with Crippen molar-refractivity contribution in [2.24, 2.45) is 5.92 Å². The van der Waals surface area contributed by atoms with Crippen LogP contribution in [0.2, 0.25) is 0 Å². The molecule has 2 aliphatic heterocycles. The number of fused-ring (bicyclic) bond motifs is 1. The van der Waals surface area contributed by atoms with E-state index in [1.54, 1.807) is 0 Å². The Morgan fingerprint density at radius 3 is 2.88 bits per heavy atom. The lowest BCUT2D eigenvalue weighted by Gasteiger charge is -2.31. The van der Waals surface area contributed by atoms with Crippen molar-refractivity contribution in [2.75, 3.05) is 44.2 Å². The Balaban J connectivity index is 1.32. The van der Waals surface area contributed by atoms with E-state index in [0.717, 1.165) is 56.0 Å². The zero-order valence-corrected chi connectivity index (χ0v) is 14.7. The molecule has 0 saturated carbocycles. The van der Waals surface area contributed by atoms with Crippen molar-refractivity contribution in [3.8, 4) is 0 Å². The van der Waals surface area contributed by atoms with Crippen molar-refractivity contribution in [3.63, 3.8) is 0 Å². The fourth-order valence-electron chi connectivity index (χ4n) is 3.96. The zero-order chi connectivity index (χ0) is 17.1. The first-order valence-electron chi connectivity index (χ1n) is 9.49. The van der Waals surface area contributed by atoms with Crippen LogP contribution in [0.3, 0.4) is 0 Å². The molecule has 1 aromatic carbocycles. The third-order valence-corrected chi connectivity index (χ3v) is 5.39. The molecule has 0 bridgehead atoms. The molecule has 6 nitrogen and oxygen atoms in total. The minimum atomic E-state index is 0.0561. The van der Waals surface area contributed by atoms with Crippen molar-refractivity contribution < 1.29 is 4.79 Å². The van der Waals surface area contributed by atoms with Gasteiger partial charge in [0.05, 0.1) is 17.0 Å². The predicted molar refractivity (Wildman–Crippen MR) is 99.7 cm³/mol. The number of imidazole rings is 1. The summed E-state index contributed by atoms with van der Waals surface area (Å²) in [5, 5.41) is 3.14. The van der Waals surface area contributed by atoms with Crippen LogP contribution in [0.1, 0.15) is 25.7 Å². The van der Waals surface area contributed by atoms with Crippen LogP contribution in [-0.4, -0.2) is 60.0 Å². The van der Waals surface area contributed by atoms with Gasteiger partial charge in [0.25, 0.3) is 0 Å². The fourth-order valence-corrected chi connectivity index (χ4v) is 3.96. The van der Waals surface area contributed by atoms with Gasteiger partial charge >= 0.3 is 0 Å². The number of rotatable bonds is 5. The molecule has 2 N–H and O–H groups in total. The molecular weight excluding hydrogens is 314 g/mol. The number of carbonyl (C=O) groups is 1. The molecule has 1 aromatic heterocycles. The van der Waals surface area contributed by atoms with Gasteiger partial charge in [0.1, 0.15) is 0 Å². The second kappa shape index (κ2) is 7.44. The van der Waals surface area contributed by atoms with Crippen LogP contribution < -0.4 is 10.2 Å². The Hall–Kier alpha value is -2.08. The van der Waals surface area contributed by atoms with Gasteiger partial charge in [0.15, 0.2) is 0 Å². The lowest BCUT2D eigenvalue weighted by atomic mass is 9.97. The summed E-state index contributed by atoms with van der Waals surface area (Å²) in [7, 11) is 0. The summed E-state index contributed by atoms with van der Waals surface area (Å²) in [4.78, 5) is 25.2. The Labute approximate surface area is 148 Å². The molecule has 2 aromatic rings. The number of likely N-dealkylation sites (tertiary alicyclic amines) is 1. The van der Waals surface area contributed by atoms with Gasteiger partial charge in [-0.05, 0) is 50.9 Å². The molecule has 1 amide bonds. The predicted octanol–water partition coefficient (Wildman–Crippen LogP) is 1.99. The van der Waals surface area contributed by atoms with Gasteiger partial charge in [-0.25, -0.2) is 4.98 Å². The van der Waals surface area contributed by atoms with Crippen LogP contribution in [0, 0.1) is 5.92 Å². The van der Waals surface area contributed by atoms with Crippen molar-refractivity contribution >= 4 is 22.9 Å². The number of amides is 1. The van der Waals surface area contributed by atoms with E-state index in [1.165, 1.54) is 25.9 Å². The van der Waals surface area contributed by atoms with Crippen LogP contribution in [-0.2, 0) is 4.79 Å². The molecule has 6 heteroatoms. The van der Waals surface area contributed by atoms with Gasteiger partial charge in [-0.2, -0.15) is 0 Å². The van der Waals surface area contributed by atoms with E-state index in [1.807, 2.05) is 24.3 Å². The van der Waals surface area contributed by atoms with Crippen LogP contribution in [0.25, 0.3) is 11.0 Å².